The molecule has 0 radical (unpaired) electrons. The number of anilines is 1. The first kappa shape index (κ1) is 33.1. The molecule has 1 aliphatic heterocycles. The largest absolute Gasteiger partial charge is 0.495 e. The molecule has 2 aliphatic rings. The fraction of sp³-hybridized carbons (Fsp3) is 0.500. The molecule has 46 heavy (non-hydrogen) atoms. The summed E-state index contributed by atoms with van der Waals surface area (Å²) in [7, 11) is 6.19. The maximum Gasteiger partial charge on any atom is 0.412 e. The minimum Gasteiger partial charge on any atom is -0.495 e. The average Bonchev–Trinajstić information content (AvgIpc) is 3.68. The van der Waals surface area contributed by atoms with Crippen molar-refractivity contribution in [2.24, 2.45) is 5.92 Å². The minimum absolute atomic E-state index is 0.203. The first-order chi connectivity index (χ1) is 22.2. The van der Waals surface area contributed by atoms with Crippen molar-refractivity contribution >= 4 is 11.8 Å². The first-order valence-electron chi connectivity index (χ1n) is 15.5. The van der Waals surface area contributed by atoms with Gasteiger partial charge in [-0.15, -0.1) is 11.7 Å². The number of hydrogen-bond acceptors (Lipinski definition) is 10. The number of nitrogens with zero attached hydrogens (tertiary/aromatic N) is 3. The van der Waals surface area contributed by atoms with Crippen LogP contribution in [0.3, 0.4) is 0 Å². The highest BCUT2D eigenvalue weighted by molar-refractivity contribution is 5.88. The van der Waals surface area contributed by atoms with Gasteiger partial charge in [-0.05, 0) is 57.2 Å². The maximum absolute atomic E-state index is 13.3. The van der Waals surface area contributed by atoms with Gasteiger partial charge >= 0.3 is 6.09 Å². The SMILES string of the molecule is C=CCC(CC)C1(C)OCC2(CCCC(OC(=O)Nc3cc(-c4cnnn4-c4cc(OC)c(OC)c(OC)c4)ccc3OC)C2)O1. The summed E-state index contributed by atoms with van der Waals surface area (Å²) in [5.41, 5.74) is 1.99. The molecule has 5 rings (SSSR count). The number of benzene rings is 2. The first-order valence-corrected chi connectivity index (χ1v) is 15.5. The van der Waals surface area contributed by atoms with Gasteiger partial charge in [0.1, 0.15) is 11.9 Å². The Hall–Kier alpha value is -4.29. The lowest BCUT2D eigenvalue weighted by Gasteiger charge is -2.39. The second-order valence-corrected chi connectivity index (χ2v) is 11.8. The summed E-state index contributed by atoms with van der Waals surface area (Å²) in [5, 5.41) is 11.3. The molecular formula is C34H44N4O8. The summed E-state index contributed by atoms with van der Waals surface area (Å²) in [6.45, 7) is 8.52. The van der Waals surface area contributed by atoms with Crippen molar-refractivity contribution < 1.29 is 38.0 Å². The average molecular weight is 637 g/mol. The van der Waals surface area contributed by atoms with E-state index in [4.69, 9.17) is 33.2 Å². The Morgan fingerprint density at radius 2 is 1.87 bits per heavy atom. The molecule has 1 N–H and O–H groups in total. The van der Waals surface area contributed by atoms with Crippen LogP contribution in [-0.2, 0) is 14.2 Å². The minimum atomic E-state index is -0.690. The van der Waals surface area contributed by atoms with Gasteiger partial charge in [-0.25, -0.2) is 9.48 Å². The number of ether oxygens (including phenoxy) is 7. The van der Waals surface area contributed by atoms with Crippen molar-refractivity contribution in [2.45, 2.75) is 69.9 Å². The van der Waals surface area contributed by atoms with E-state index in [2.05, 4.69) is 29.1 Å². The second-order valence-electron chi connectivity index (χ2n) is 11.8. The smallest absolute Gasteiger partial charge is 0.412 e. The summed E-state index contributed by atoms with van der Waals surface area (Å²) in [5.74, 6) is 1.41. The highest BCUT2D eigenvalue weighted by Gasteiger charge is 2.53. The van der Waals surface area contributed by atoms with Crippen LogP contribution in [0.25, 0.3) is 16.9 Å². The van der Waals surface area contributed by atoms with E-state index in [9.17, 15) is 4.79 Å². The van der Waals surface area contributed by atoms with Crippen LogP contribution in [0.1, 0.15) is 52.4 Å². The van der Waals surface area contributed by atoms with Gasteiger partial charge in [0.25, 0.3) is 0 Å². The molecule has 1 aliphatic carbocycles. The van der Waals surface area contributed by atoms with E-state index < -0.39 is 17.5 Å². The third-order valence-corrected chi connectivity index (χ3v) is 8.93. The van der Waals surface area contributed by atoms with Gasteiger partial charge in [0.2, 0.25) is 5.75 Å². The van der Waals surface area contributed by atoms with Gasteiger partial charge in [-0.1, -0.05) is 18.2 Å². The molecule has 0 bridgehead atoms. The quantitative estimate of drug-likeness (QED) is 0.219. The molecule has 2 fully saturated rings. The summed E-state index contributed by atoms with van der Waals surface area (Å²) < 4.78 is 42.6. The molecule has 1 saturated heterocycles. The molecule has 248 valence electrons. The van der Waals surface area contributed by atoms with Crippen LogP contribution in [0, 0.1) is 5.92 Å². The molecule has 1 aromatic heterocycles. The summed E-state index contributed by atoms with van der Waals surface area (Å²) >= 11 is 0. The van der Waals surface area contributed by atoms with E-state index in [0.717, 1.165) is 37.7 Å². The van der Waals surface area contributed by atoms with Crippen molar-refractivity contribution in [1.29, 1.82) is 0 Å². The van der Waals surface area contributed by atoms with Crippen LogP contribution < -0.4 is 24.3 Å². The predicted octanol–water partition coefficient (Wildman–Crippen LogP) is 6.56. The molecule has 12 nitrogen and oxygen atoms in total. The molecule has 12 heteroatoms. The fourth-order valence-corrected chi connectivity index (χ4v) is 6.58. The summed E-state index contributed by atoms with van der Waals surface area (Å²) in [6.07, 6.45) is 7.41. The standard InChI is InChI=1S/C34H44N4O8/c1-8-11-23(9-2)33(3)44-21-34(46-33)15-10-12-25(19-34)45-32(39)36-26-16-22(13-14-28(26)40-4)27-20-35-37-38(27)24-17-29(41-5)31(43-7)30(18-24)42-6/h8,13-14,16-18,20,23,25H,1,9-12,15,19,21H2,2-7H3,(H,36,39). The van der Waals surface area contributed by atoms with Gasteiger partial charge in [0.05, 0.1) is 63.9 Å². The van der Waals surface area contributed by atoms with Crippen LogP contribution in [0.4, 0.5) is 10.5 Å². The number of methoxy groups -OCH3 is 4. The van der Waals surface area contributed by atoms with E-state index in [1.165, 1.54) is 0 Å². The van der Waals surface area contributed by atoms with Gasteiger partial charge in [0.15, 0.2) is 17.3 Å². The highest BCUT2D eigenvalue weighted by Crippen LogP contribution is 2.46. The third kappa shape index (κ3) is 6.63. The topological polar surface area (TPSA) is 124 Å². The zero-order valence-electron chi connectivity index (χ0n) is 27.5. The second kappa shape index (κ2) is 14.0. The molecule has 4 unspecified atom stereocenters. The lowest BCUT2D eigenvalue weighted by atomic mass is 9.83. The zero-order chi connectivity index (χ0) is 32.9. The van der Waals surface area contributed by atoms with Crippen molar-refractivity contribution in [1.82, 2.24) is 15.0 Å². The van der Waals surface area contributed by atoms with Gasteiger partial charge < -0.3 is 33.2 Å². The Labute approximate surface area is 269 Å². The number of hydrogen-bond donors (Lipinski definition) is 1. The summed E-state index contributed by atoms with van der Waals surface area (Å²) in [6, 6.07) is 8.97. The van der Waals surface area contributed by atoms with Gasteiger partial charge in [-0.3, -0.25) is 5.32 Å². The number of amides is 1. The summed E-state index contributed by atoms with van der Waals surface area (Å²) in [4.78, 5) is 13.3. The van der Waals surface area contributed by atoms with Crippen LogP contribution in [-0.4, -0.2) is 73.6 Å². The van der Waals surface area contributed by atoms with E-state index in [0.29, 0.717) is 53.1 Å². The Morgan fingerprint density at radius 1 is 1.13 bits per heavy atom. The number of rotatable bonds is 12. The predicted molar refractivity (Wildman–Crippen MR) is 172 cm³/mol. The van der Waals surface area contributed by atoms with Gasteiger partial charge in [0, 0.05) is 30.0 Å². The molecule has 2 heterocycles. The van der Waals surface area contributed by atoms with Crippen LogP contribution in [0.2, 0.25) is 0 Å². The molecule has 1 saturated carbocycles. The Balaban J connectivity index is 1.33. The normalized spacial score (nSPS) is 23.0. The van der Waals surface area contributed by atoms with E-state index in [-0.39, 0.29) is 12.0 Å². The van der Waals surface area contributed by atoms with Gasteiger partial charge in [-0.2, -0.15) is 0 Å². The Morgan fingerprint density at radius 3 is 2.52 bits per heavy atom. The molecule has 1 spiro atoms. The number of allylic oxidation sites excluding steroid dienone is 1. The monoisotopic (exact) mass is 636 g/mol. The van der Waals surface area contributed by atoms with Crippen molar-refractivity contribution in [3.05, 3.63) is 49.2 Å². The molecule has 3 aromatic rings. The molecular weight excluding hydrogens is 592 g/mol. The Kier molecular flexibility index (Phi) is 10.1. The number of nitrogens with one attached hydrogen (secondary N) is 1. The van der Waals surface area contributed by atoms with E-state index >= 15 is 0 Å². The molecule has 2 aromatic carbocycles. The number of carbonyl (C=O) groups excluding carboxylic acids is 1. The highest BCUT2D eigenvalue weighted by atomic mass is 16.8. The van der Waals surface area contributed by atoms with Crippen molar-refractivity contribution in [3.8, 4) is 39.9 Å². The van der Waals surface area contributed by atoms with E-state index in [1.54, 1.807) is 63.6 Å². The Bertz CT molecular complexity index is 1520. The lowest BCUT2D eigenvalue weighted by molar-refractivity contribution is -0.216. The van der Waals surface area contributed by atoms with Crippen molar-refractivity contribution in [3.63, 3.8) is 0 Å². The van der Waals surface area contributed by atoms with E-state index in [1.807, 2.05) is 19.1 Å². The fourth-order valence-electron chi connectivity index (χ4n) is 6.58. The maximum atomic E-state index is 13.3. The van der Waals surface area contributed by atoms with Crippen molar-refractivity contribution in [2.75, 3.05) is 40.4 Å². The zero-order valence-corrected chi connectivity index (χ0v) is 27.5. The molecule has 1 amide bonds. The van der Waals surface area contributed by atoms with Crippen LogP contribution in [0.15, 0.2) is 49.2 Å². The lowest BCUT2D eigenvalue weighted by Crippen LogP contribution is -2.45. The molecule has 4 atom stereocenters. The van der Waals surface area contributed by atoms with Crippen LogP contribution in [0.5, 0.6) is 23.0 Å². The number of carbonyl (C=O) groups is 1. The third-order valence-electron chi connectivity index (χ3n) is 8.93. The number of aromatic nitrogens is 3. The van der Waals surface area contributed by atoms with Crippen LogP contribution >= 0.6 is 0 Å².